The van der Waals surface area contributed by atoms with Crippen molar-refractivity contribution in [2.75, 3.05) is 20.7 Å². The van der Waals surface area contributed by atoms with Gasteiger partial charge in [-0.25, -0.2) is 9.18 Å². The van der Waals surface area contributed by atoms with E-state index in [4.69, 9.17) is 0 Å². The zero-order valence-electron chi connectivity index (χ0n) is 10.3. The molecule has 0 unspecified atom stereocenters. The molecule has 1 N–H and O–H groups in total. The van der Waals surface area contributed by atoms with Gasteiger partial charge in [0.15, 0.2) is 0 Å². The van der Waals surface area contributed by atoms with E-state index in [0.29, 0.717) is 6.54 Å². The molecule has 0 heterocycles. The van der Waals surface area contributed by atoms with Crippen molar-refractivity contribution in [2.45, 2.75) is 6.54 Å². The molecule has 0 saturated heterocycles. The first kappa shape index (κ1) is 14.1. The summed E-state index contributed by atoms with van der Waals surface area (Å²) in [7, 11) is 2.88. The van der Waals surface area contributed by atoms with Crippen molar-refractivity contribution in [2.24, 2.45) is 0 Å². The molecule has 98 valence electrons. The number of carbonyl (C=O) groups is 2. The topological polar surface area (TPSA) is 58.6 Å². The van der Waals surface area contributed by atoms with Gasteiger partial charge in [-0.15, -0.1) is 0 Å². The predicted molar refractivity (Wildman–Crippen MR) is 63.3 cm³/mol. The summed E-state index contributed by atoms with van der Waals surface area (Å²) in [6.45, 7) is 0.429. The van der Waals surface area contributed by atoms with Crippen LogP contribution in [0.2, 0.25) is 0 Å². The fourth-order valence-corrected chi connectivity index (χ4v) is 1.45. The third-order valence-corrected chi connectivity index (χ3v) is 2.18. The van der Waals surface area contributed by atoms with E-state index in [0.717, 1.165) is 5.56 Å². The third kappa shape index (κ3) is 4.92. The van der Waals surface area contributed by atoms with Gasteiger partial charge in [0.05, 0.1) is 13.7 Å². The molecule has 0 aliphatic carbocycles. The molecule has 1 rings (SSSR count). The van der Waals surface area contributed by atoms with Crippen LogP contribution in [0.15, 0.2) is 24.3 Å². The minimum Gasteiger partial charge on any atom is -0.453 e. The van der Waals surface area contributed by atoms with Crippen LogP contribution in [0.4, 0.5) is 9.18 Å². The van der Waals surface area contributed by atoms with E-state index >= 15 is 0 Å². The summed E-state index contributed by atoms with van der Waals surface area (Å²) in [6, 6.07) is 6.12. The van der Waals surface area contributed by atoms with Crippen molar-refractivity contribution in [1.29, 1.82) is 0 Å². The lowest BCUT2D eigenvalue weighted by molar-refractivity contribution is -0.121. The van der Waals surface area contributed by atoms with Crippen molar-refractivity contribution < 1.29 is 18.7 Å². The highest BCUT2D eigenvalue weighted by atomic mass is 19.1. The number of methoxy groups -OCH3 is 1. The smallest absolute Gasteiger partial charge is 0.413 e. The molecule has 6 heteroatoms. The quantitative estimate of drug-likeness (QED) is 0.875. The number of hydrogen-bond donors (Lipinski definition) is 1. The average molecular weight is 254 g/mol. The molecule has 0 aliphatic heterocycles. The van der Waals surface area contributed by atoms with Crippen LogP contribution in [0.1, 0.15) is 5.56 Å². The summed E-state index contributed by atoms with van der Waals surface area (Å²) >= 11 is 0. The highest BCUT2D eigenvalue weighted by Gasteiger charge is 2.10. The van der Waals surface area contributed by atoms with Crippen LogP contribution >= 0.6 is 0 Å². The molecule has 0 saturated carbocycles. The zero-order chi connectivity index (χ0) is 13.5. The van der Waals surface area contributed by atoms with Crippen molar-refractivity contribution in [1.82, 2.24) is 10.2 Å². The number of ether oxygens (including phenoxy) is 1. The molecule has 18 heavy (non-hydrogen) atoms. The maximum Gasteiger partial charge on any atom is 0.413 e. The summed E-state index contributed by atoms with van der Waals surface area (Å²) in [5, 5.41) is 2.04. The van der Waals surface area contributed by atoms with Crippen LogP contribution in [0.25, 0.3) is 0 Å². The average Bonchev–Trinajstić information content (AvgIpc) is 2.28. The van der Waals surface area contributed by atoms with E-state index in [1.807, 2.05) is 5.32 Å². The van der Waals surface area contributed by atoms with Gasteiger partial charge in [0.25, 0.3) is 0 Å². The number of carbonyl (C=O) groups excluding carboxylic acids is 2. The monoisotopic (exact) mass is 254 g/mol. The van der Waals surface area contributed by atoms with Crippen LogP contribution < -0.4 is 5.32 Å². The van der Waals surface area contributed by atoms with Gasteiger partial charge in [-0.3, -0.25) is 15.0 Å². The number of amides is 2. The molecule has 5 nitrogen and oxygen atoms in total. The summed E-state index contributed by atoms with van der Waals surface area (Å²) in [5.74, 6) is -0.791. The van der Waals surface area contributed by atoms with Crippen LogP contribution in [-0.2, 0) is 16.1 Å². The van der Waals surface area contributed by atoms with Crippen LogP contribution in [0.3, 0.4) is 0 Å². The molecule has 0 aromatic heterocycles. The zero-order valence-corrected chi connectivity index (χ0v) is 10.3. The van der Waals surface area contributed by atoms with Gasteiger partial charge in [0.1, 0.15) is 5.82 Å². The van der Waals surface area contributed by atoms with E-state index in [1.165, 1.54) is 19.2 Å². The lowest BCUT2D eigenvalue weighted by Gasteiger charge is -2.15. The second kappa shape index (κ2) is 6.70. The Bertz CT molecular complexity index is 437. The molecule has 0 atom stereocenters. The van der Waals surface area contributed by atoms with E-state index in [9.17, 15) is 14.0 Å². The Morgan fingerprint density at radius 1 is 1.44 bits per heavy atom. The summed E-state index contributed by atoms with van der Waals surface area (Å²) in [4.78, 5) is 23.8. The lowest BCUT2D eigenvalue weighted by Crippen LogP contribution is -2.38. The Labute approximate surface area is 105 Å². The Balaban J connectivity index is 2.44. The summed E-state index contributed by atoms with van der Waals surface area (Å²) < 4.78 is 17.2. The summed E-state index contributed by atoms with van der Waals surface area (Å²) in [6.07, 6.45) is -0.792. The SMILES string of the molecule is COC(=O)NC(=O)CN(C)Cc1cccc(F)c1. The van der Waals surface area contributed by atoms with Crippen LogP contribution in [0, 0.1) is 5.82 Å². The largest absolute Gasteiger partial charge is 0.453 e. The fraction of sp³-hybridized carbons (Fsp3) is 0.333. The number of rotatable bonds is 4. The van der Waals surface area contributed by atoms with Gasteiger partial charge in [-0.05, 0) is 24.7 Å². The molecule has 0 radical (unpaired) electrons. The van der Waals surface area contributed by atoms with Gasteiger partial charge in [-0.1, -0.05) is 12.1 Å². The standard InChI is InChI=1S/C12H15FN2O3/c1-15(8-11(16)14-12(17)18-2)7-9-4-3-5-10(13)6-9/h3-6H,7-8H2,1-2H3,(H,14,16,17). The third-order valence-electron chi connectivity index (χ3n) is 2.18. The molecule has 0 spiro atoms. The van der Waals surface area contributed by atoms with Crippen molar-refractivity contribution in [3.8, 4) is 0 Å². The number of imide groups is 1. The Kier molecular flexibility index (Phi) is 5.26. The first-order valence-electron chi connectivity index (χ1n) is 5.32. The number of likely N-dealkylation sites (N-methyl/N-ethyl adjacent to an activating group) is 1. The minimum atomic E-state index is -0.792. The number of halogens is 1. The van der Waals surface area contributed by atoms with E-state index in [-0.39, 0.29) is 12.4 Å². The molecule has 0 bridgehead atoms. The van der Waals surface area contributed by atoms with Gasteiger partial charge in [0.2, 0.25) is 5.91 Å². The molecular formula is C12H15FN2O3. The molecule has 0 fully saturated rings. The first-order valence-corrected chi connectivity index (χ1v) is 5.32. The first-order chi connectivity index (χ1) is 8.51. The molecular weight excluding hydrogens is 239 g/mol. The molecule has 0 aliphatic rings. The number of benzene rings is 1. The Morgan fingerprint density at radius 2 is 2.17 bits per heavy atom. The number of nitrogens with zero attached hydrogens (tertiary/aromatic N) is 1. The minimum absolute atomic E-state index is 0.0195. The van der Waals surface area contributed by atoms with E-state index < -0.39 is 12.0 Å². The van der Waals surface area contributed by atoms with E-state index in [2.05, 4.69) is 4.74 Å². The van der Waals surface area contributed by atoms with Gasteiger partial charge >= 0.3 is 6.09 Å². The lowest BCUT2D eigenvalue weighted by atomic mass is 10.2. The van der Waals surface area contributed by atoms with Gasteiger partial charge in [0, 0.05) is 6.54 Å². The van der Waals surface area contributed by atoms with Gasteiger partial charge < -0.3 is 4.74 Å². The Morgan fingerprint density at radius 3 is 2.78 bits per heavy atom. The van der Waals surface area contributed by atoms with Crippen LogP contribution in [0.5, 0.6) is 0 Å². The normalized spacial score (nSPS) is 10.2. The predicted octanol–water partition coefficient (Wildman–Crippen LogP) is 1.14. The fourth-order valence-electron chi connectivity index (χ4n) is 1.45. The second-order valence-electron chi connectivity index (χ2n) is 3.84. The maximum atomic E-state index is 12.9. The second-order valence-corrected chi connectivity index (χ2v) is 3.84. The van der Waals surface area contributed by atoms with Crippen molar-refractivity contribution in [3.63, 3.8) is 0 Å². The van der Waals surface area contributed by atoms with Crippen molar-refractivity contribution >= 4 is 12.0 Å². The molecule has 2 amide bonds. The highest BCUT2D eigenvalue weighted by Crippen LogP contribution is 2.05. The number of alkyl carbamates (subject to hydrolysis) is 1. The van der Waals surface area contributed by atoms with E-state index in [1.54, 1.807) is 24.1 Å². The highest BCUT2D eigenvalue weighted by molar-refractivity contribution is 5.92. The Hall–Kier alpha value is -1.95. The maximum absolute atomic E-state index is 12.9. The number of hydrogen-bond acceptors (Lipinski definition) is 4. The molecule has 1 aromatic rings. The van der Waals surface area contributed by atoms with Crippen LogP contribution in [-0.4, -0.2) is 37.6 Å². The van der Waals surface area contributed by atoms with Gasteiger partial charge in [-0.2, -0.15) is 0 Å². The van der Waals surface area contributed by atoms with Crippen molar-refractivity contribution in [3.05, 3.63) is 35.6 Å². The summed E-state index contributed by atoms with van der Waals surface area (Å²) in [5.41, 5.74) is 0.753. The number of nitrogens with one attached hydrogen (secondary N) is 1. The molecule has 1 aromatic carbocycles.